The van der Waals surface area contributed by atoms with Crippen LogP contribution >= 0.6 is 24.0 Å². The van der Waals surface area contributed by atoms with Crippen molar-refractivity contribution in [2.45, 2.75) is 18.3 Å². The minimum atomic E-state index is 0. The fraction of sp³-hybridized carbons (Fsp3) is 0.571. The third-order valence-corrected chi connectivity index (χ3v) is 4.79. The van der Waals surface area contributed by atoms with Crippen LogP contribution in [0.2, 0.25) is 5.02 Å². The molecule has 1 aromatic rings. The molecule has 1 saturated heterocycles. The lowest BCUT2D eigenvalue weighted by Crippen LogP contribution is -2.40. The minimum absolute atomic E-state index is 0. The summed E-state index contributed by atoms with van der Waals surface area (Å²) in [5.41, 5.74) is 2.08. The lowest BCUT2D eigenvalue weighted by Gasteiger charge is -2.31. The first-order valence-electron chi connectivity index (χ1n) is 6.18. The number of fused-ring (bicyclic) bond motifs is 1. The third-order valence-electron chi connectivity index (χ3n) is 4.54. The van der Waals surface area contributed by atoms with Crippen LogP contribution < -0.4 is 5.32 Å². The highest BCUT2D eigenvalue weighted by atomic mass is 35.5. The first-order chi connectivity index (χ1) is 8.22. The van der Waals surface area contributed by atoms with E-state index >= 15 is 0 Å². The summed E-state index contributed by atoms with van der Waals surface area (Å²) in [6.07, 6.45) is 2.44. The van der Waals surface area contributed by atoms with Gasteiger partial charge in [-0.1, -0.05) is 23.7 Å². The molecule has 100 valence electrons. The van der Waals surface area contributed by atoms with Crippen molar-refractivity contribution in [1.82, 2.24) is 5.32 Å². The molecule has 0 radical (unpaired) electrons. The van der Waals surface area contributed by atoms with Gasteiger partial charge in [-0.15, -0.1) is 12.4 Å². The molecule has 2 atom stereocenters. The Bertz CT molecular complexity index is 418. The SMILES string of the molecule is COCC12CNCCC1(c1ccc(Cl)cc1)C2.Cl. The van der Waals surface area contributed by atoms with Crippen LogP contribution in [0, 0.1) is 5.41 Å². The van der Waals surface area contributed by atoms with Gasteiger partial charge in [0.25, 0.3) is 0 Å². The summed E-state index contributed by atoms with van der Waals surface area (Å²) in [5, 5.41) is 4.32. The smallest absolute Gasteiger partial charge is 0.0539 e. The van der Waals surface area contributed by atoms with E-state index in [1.165, 1.54) is 18.4 Å². The molecule has 0 aromatic heterocycles. The molecule has 1 saturated carbocycles. The zero-order valence-corrected chi connectivity index (χ0v) is 12.1. The normalized spacial score (nSPS) is 33.4. The monoisotopic (exact) mass is 287 g/mol. The van der Waals surface area contributed by atoms with Crippen LogP contribution in [0.5, 0.6) is 0 Å². The molecule has 2 unspecified atom stereocenters. The molecule has 2 fully saturated rings. The topological polar surface area (TPSA) is 21.3 Å². The summed E-state index contributed by atoms with van der Waals surface area (Å²) in [6, 6.07) is 8.38. The Morgan fingerprint density at radius 1 is 1.33 bits per heavy atom. The number of ether oxygens (including phenoxy) is 1. The van der Waals surface area contributed by atoms with Crippen LogP contribution in [0.25, 0.3) is 0 Å². The van der Waals surface area contributed by atoms with Crippen molar-refractivity contribution in [2.75, 3.05) is 26.8 Å². The van der Waals surface area contributed by atoms with E-state index in [9.17, 15) is 0 Å². The number of benzene rings is 1. The van der Waals surface area contributed by atoms with Crippen molar-refractivity contribution >= 4 is 24.0 Å². The van der Waals surface area contributed by atoms with E-state index in [1.54, 1.807) is 7.11 Å². The Hall–Kier alpha value is -0.280. The van der Waals surface area contributed by atoms with E-state index in [1.807, 2.05) is 12.1 Å². The molecule has 1 aliphatic heterocycles. The Kier molecular flexibility index (Phi) is 3.93. The number of methoxy groups -OCH3 is 1. The van der Waals surface area contributed by atoms with Crippen LogP contribution in [-0.4, -0.2) is 26.8 Å². The predicted octanol–water partition coefficient (Wildman–Crippen LogP) is 3.03. The fourth-order valence-electron chi connectivity index (χ4n) is 3.59. The van der Waals surface area contributed by atoms with Gasteiger partial charge in [-0.3, -0.25) is 0 Å². The molecule has 1 heterocycles. The van der Waals surface area contributed by atoms with Gasteiger partial charge in [0.2, 0.25) is 0 Å². The van der Waals surface area contributed by atoms with Gasteiger partial charge in [0.05, 0.1) is 6.61 Å². The van der Waals surface area contributed by atoms with Crippen LogP contribution in [-0.2, 0) is 10.2 Å². The number of hydrogen-bond donors (Lipinski definition) is 1. The number of rotatable bonds is 3. The fourth-order valence-corrected chi connectivity index (χ4v) is 3.71. The van der Waals surface area contributed by atoms with Crippen molar-refractivity contribution in [3.05, 3.63) is 34.9 Å². The molecule has 1 N–H and O–H groups in total. The summed E-state index contributed by atoms with van der Waals surface area (Å²) in [4.78, 5) is 0. The molecular formula is C14H19Cl2NO. The predicted molar refractivity (Wildman–Crippen MR) is 76.8 cm³/mol. The maximum absolute atomic E-state index is 5.97. The second-order valence-electron chi connectivity index (χ2n) is 5.41. The summed E-state index contributed by atoms with van der Waals surface area (Å²) in [6.45, 7) is 3.03. The molecule has 1 aromatic carbocycles. The molecule has 18 heavy (non-hydrogen) atoms. The van der Waals surface area contributed by atoms with Crippen molar-refractivity contribution < 1.29 is 4.74 Å². The molecule has 1 aliphatic carbocycles. The van der Waals surface area contributed by atoms with Gasteiger partial charge in [0.15, 0.2) is 0 Å². The van der Waals surface area contributed by atoms with Crippen LogP contribution in [0.15, 0.2) is 24.3 Å². The second kappa shape index (κ2) is 5.01. The molecular weight excluding hydrogens is 269 g/mol. The second-order valence-corrected chi connectivity index (χ2v) is 5.84. The maximum Gasteiger partial charge on any atom is 0.0539 e. The molecule has 0 amide bonds. The van der Waals surface area contributed by atoms with Gasteiger partial charge in [-0.05, 0) is 37.1 Å². The van der Waals surface area contributed by atoms with Crippen molar-refractivity contribution in [1.29, 1.82) is 0 Å². The molecule has 0 bridgehead atoms. The van der Waals surface area contributed by atoms with Crippen molar-refractivity contribution in [3.63, 3.8) is 0 Å². The number of nitrogens with one attached hydrogen (secondary N) is 1. The van der Waals surface area contributed by atoms with Crippen LogP contribution in [0.4, 0.5) is 0 Å². The van der Waals surface area contributed by atoms with Gasteiger partial charge >= 0.3 is 0 Å². The van der Waals surface area contributed by atoms with E-state index in [0.29, 0.717) is 10.8 Å². The van der Waals surface area contributed by atoms with Crippen molar-refractivity contribution in [3.8, 4) is 0 Å². The minimum Gasteiger partial charge on any atom is -0.384 e. The van der Waals surface area contributed by atoms with E-state index in [4.69, 9.17) is 16.3 Å². The summed E-state index contributed by atoms with van der Waals surface area (Å²) in [5.74, 6) is 0. The molecule has 2 nitrogen and oxygen atoms in total. The quantitative estimate of drug-likeness (QED) is 0.923. The Morgan fingerprint density at radius 3 is 2.72 bits per heavy atom. The average Bonchev–Trinajstić information content (AvgIpc) is 3.00. The van der Waals surface area contributed by atoms with E-state index in [2.05, 4.69) is 17.4 Å². The van der Waals surface area contributed by atoms with E-state index in [-0.39, 0.29) is 12.4 Å². The summed E-state index contributed by atoms with van der Waals surface area (Å²) >= 11 is 5.97. The van der Waals surface area contributed by atoms with Crippen LogP contribution in [0.3, 0.4) is 0 Å². The standard InChI is InChI=1S/C14H18ClNO.ClH/c1-17-10-13-8-14(13,6-7-16-9-13)11-2-4-12(15)5-3-11;/h2-5,16H,6-10H2,1H3;1H. The first kappa shape index (κ1) is 14.1. The van der Waals surface area contributed by atoms with Gasteiger partial charge in [0.1, 0.15) is 0 Å². The zero-order chi connectivity index (χ0) is 11.9. The Balaban J connectivity index is 0.00000120. The lowest BCUT2D eigenvalue weighted by molar-refractivity contribution is 0.116. The highest BCUT2D eigenvalue weighted by Gasteiger charge is 2.68. The highest BCUT2D eigenvalue weighted by Crippen LogP contribution is 2.67. The van der Waals surface area contributed by atoms with E-state index in [0.717, 1.165) is 24.7 Å². The van der Waals surface area contributed by atoms with Crippen LogP contribution in [0.1, 0.15) is 18.4 Å². The van der Waals surface area contributed by atoms with Gasteiger partial charge in [-0.25, -0.2) is 0 Å². The summed E-state index contributed by atoms with van der Waals surface area (Å²) < 4.78 is 5.43. The molecule has 4 heteroatoms. The largest absolute Gasteiger partial charge is 0.384 e. The first-order valence-corrected chi connectivity index (χ1v) is 6.56. The van der Waals surface area contributed by atoms with Gasteiger partial charge in [0, 0.05) is 29.5 Å². The summed E-state index contributed by atoms with van der Waals surface area (Å²) in [7, 11) is 1.80. The van der Waals surface area contributed by atoms with Gasteiger partial charge < -0.3 is 10.1 Å². The average molecular weight is 288 g/mol. The van der Waals surface area contributed by atoms with Crippen molar-refractivity contribution in [2.24, 2.45) is 5.41 Å². The highest BCUT2D eigenvalue weighted by molar-refractivity contribution is 6.30. The number of piperidine rings is 1. The Morgan fingerprint density at radius 2 is 2.06 bits per heavy atom. The molecule has 3 rings (SSSR count). The number of hydrogen-bond acceptors (Lipinski definition) is 2. The van der Waals surface area contributed by atoms with E-state index < -0.39 is 0 Å². The number of halogens is 2. The maximum atomic E-state index is 5.97. The third kappa shape index (κ3) is 1.96. The lowest BCUT2D eigenvalue weighted by atomic mass is 9.81. The van der Waals surface area contributed by atoms with Gasteiger partial charge in [-0.2, -0.15) is 0 Å². The Labute approximate surface area is 119 Å². The molecule has 2 aliphatic rings. The zero-order valence-electron chi connectivity index (χ0n) is 10.5. The molecule has 0 spiro atoms.